The number of nitrogens with one attached hydrogen (secondary N) is 1. The number of hydrogen-bond donors (Lipinski definition) is 1. The number of hydrogen-bond acceptors (Lipinski definition) is 3. The minimum atomic E-state index is 0.510. The lowest BCUT2D eigenvalue weighted by molar-refractivity contribution is 0.572. The first-order chi connectivity index (χ1) is 8.25. The number of aromatic nitrogens is 1. The maximum Gasteiger partial charge on any atom is 0.0562 e. The third-order valence-electron chi connectivity index (χ3n) is 3.21. The lowest BCUT2D eigenvalue weighted by Crippen LogP contribution is -2.29. The Morgan fingerprint density at radius 1 is 1.29 bits per heavy atom. The van der Waals surface area contributed by atoms with Crippen LogP contribution in [0.1, 0.15) is 38.8 Å². The fraction of sp³-hybridized carbons (Fsp3) is 0.643. The first-order valence-corrected chi connectivity index (χ1v) is 6.69. The molecule has 1 aliphatic rings. The normalized spacial score (nSPS) is 16.5. The maximum atomic E-state index is 4.42. The molecule has 1 N–H and O–H groups in total. The highest BCUT2D eigenvalue weighted by molar-refractivity contribution is 5.46. The highest BCUT2D eigenvalue weighted by Gasteiger charge is 2.11. The second-order valence-corrected chi connectivity index (χ2v) is 5.09. The van der Waals surface area contributed by atoms with Crippen molar-refractivity contribution in [3.05, 3.63) is 24.0 Å². The van der Waals surface area contributed by atoms with E-state index < -0.39 is 0 Å². The molecule has 1 aliphatic heterocycles. The Labute approximate surface area is 104 Å². The van der Waals surface area contributed by atoms with Gasteiger partial charge >= 0.3 is 0 Å². The zero-order chi connectivity index (χ0) is 12.1. The number of piperidine rings is 1. The van der Waals surface area contributed by atoms with Crippen molar-refractivity contribution in [3.8, 4) is 0 Å². The van der Waals surface area contributed by atoms with E-state index in [1.807, 2.05) is 6.20 Å². The molecule has 2 rings (SSSR count). The summed E-state index contributed by atoms with van der Waals surface area (Å²) < 4.78 is 0. The molecule has 94 valence electrons. The van der Waals surface area contributed by atoms with Gasteiger partial charge in [0.05, 0.1) is 5.69 Å². The monoisotopic (exact) mass is 233 g/mol. The summed E-state index contributed by atoms with van der Waals surface area (Å²) in [5.41, 5.74) is 2.47. The van der Waals surface area contributed by atoms with Gasteiger partial charge in [0.2, 0.25) is 0 Å². The molecule has 0 aliphatic carbocycles. The molecule has 0 spiro atoms. The van der Waals surface area contributed by atoms with Crippen molar-refractivity contribution in [1.82, 2.24) is 10.3 Å². The van der Waals surface area contributed by atoms with Crippen molar-refractivity contribution >= 4 is 5.69 Å². The molecule has 2 heterocycles. The fourth-order valence-electron chi connectivity index (χ4n) is 2.22. The van der Waals surface area contributed by atoms with Crippen molar-refractivity contribution in [2.45, 2.75) is 45.7 Å². The Balaban J connectivity index is 2.00. The molecule has 0 aromatic carbocycles. The lowest BCUT2D eigenvalue weighted by atomic mass is 10.1. The van der Waals surface area contributed by atoms with E-state index in [9.17, 15) is 0 Å². The number of pyridine rings is 1. The summed E-state index contributed by atoms with van der Waals surface area (Å²) >= 11 is 0. The predicted octanol–water partition coefficient (Wildman–Crippen LogP) is 2.57. The molecule has 1 saturated heterocycles. The molecule has 3 nitrogen and oxygen atoms in total. The van der Waals surface area contributed by atoms with Crippen molar-refractivity contribution in [2.75, 3.05) is 18.0 Å². The SMILES string of the molecule is CC(C)NCc1cc(N2CCCCC2)ccn1. The summed E-state index contributed by atoms with van der Waals surface area (Å²) in [6.07, 6.45) is 5.95. The number of nitrogens with zero attached hydrogens (tertiary/aromatic N) is 2. The number of rotatable bonds is 4. The van der Waals surface area contributed by atoms with Gasteiger partial charge in [-0.2, -0.15) is 0 Å². The molecule has 1 aromatic heterocycles. The van der Waals surface area contributed by atoms with E-state index in [1.54, 1.807) is 0 Å². The van der Waals surface area contributed by atoms with E-state index in [0.717, 1.165) is 12.2 Å². The predicted molar refractivity (Wildman–Crippen MR) is 72.3 cm³/mol. The van der Waals surface area contributed by atoms with Crippen LogP contribution in [0.5, 0.6) is 0 Å². The van der Waals surface area contributed by atoms with Crippen LogP contribution >= 0.6 is 0 Å². The second kappa shape index (κ2) is 6.01. The number of anilines is 1. The summed E-state index contributed by atoms with van der Waals surface area (Å²) in [6, 6.07) is 4.86. The van der Waals surface area contributed by atoms with Gasteiger partial charge in [0.15, 0.2) is 0 Å². The van der Waals surface area contributed by atoms with Gasteiger partial charge in [0.25, 0.3) is 0 Å². The highest BCUT2D eigenvalue weighted by Crippen LogP contribution is 2.19. The van der Waals surface area contributed by atoms with Crippen LogP contribution in [0, 0.1) is 0 Å². The Bertz CT molecular complexity index is 343. The average molecular weight is 233 g/mol. The van der Waals surface area contributed by atoms with Gasteiger partial charge < -0.3 is 10.2 Å². The molecule has 1 fully saturated rings. The van der Waals surface area contributed by atoms with Crippen molar-refractivity contribution in [3.63, 3.8) is 0 Å². The van der Waals surface area contributed by atoms with E-state index in [4.69, 9.17) is 0 Å². The third-order valence-corrected chi connectivity index (χ3v) is 3.21. The molecular formula is C14H23N3. The molecule has 0 radical (unpaired) electrons. The van der Waals surface area contributed by atoms with Gasteiger partial charge in [-0.1, -0.05) is 13.8 Å². The van der Waals surface area contributed by atoms with Crippen LogP contribution in [-0.2, 0) is 6.54 Å². The minimum absolute atomic E-state index is 0.510. The summed E-state index contributed by atoms with van der Waals surface area (Å²) in [6.45, 7) is 7.57. The van der Waals surface area contributed by atoms with Crippen LogP contribution < -0.4 is 10.2 Å². The first-order valence-electron chi connectivity index (χ1n) is 6.69. The Kier molecular flexibility index (Phi) is 4.37. The maximum absolute atomic E-state index is 4.42. The second-order valence-electron chi connectivity index (χ2n) is 5.09. The van der Waals surface area contributed by atoms with Crippen LogP contribution in [0.25, 0.3) is 0 Å². The Hall–Kier alpha value is -1.09. The van der Waals surface area contributed by atoms with Crippen LogP contribution in [0.15, 0.2) is 18.3 Å². The molecule has 0 amide bonds. The van der Waals surface area contributed by atoms with E-state index in [1.165, 1.54) is 38.0 Å². The first kappa shape index (κ1) is 12.4. The van der Waals surface area contributed by atoms with Crippen LogP contribution in [0.4, 0.5) is 5.69 Å². The minimum Gasteiger partial charge on any atom is -0.371 e. The largest absolute Gasteiger partial charge is 0.371 e. The Morgan fingerprint density at radius 3 is 2.76 bits per heavy atom. The molecule has 3 heteroatoms. The molecule has 0 unspecified atom stereocenters. The molecule has 1 aromatic rings. The fourth-order valence-corrected chi connectivity index (χ4v) is 2.22. The van der Waals surface area contributed by atoms with Gasteiger partial charge in [0.1, 0.15) is 0 Å². The highest BCUT2D eigenvalue weighted by atomic mass is 15.1. The summed E-state index contributed by atoms with van der Waals surface area (Å²) in [5, 5.41) is 3.41. The smallest absolute Gasteiger partial charge is 0.0562 e. The van der Waals surface area contributed by atoms with Crippen molar-refractivity contribution < 1.29 is 0 Å². The average Bonchev–Trinajstić information content (AvgIpc) is 2.38. The topological polar surface area (TPSA) is 28.2 Å². The van der Waals surface area contributed by atoms with Gasteiger partial charge in [-0.25, -0.2) is 0 Å². The molecule has 0 bridgehead atoms. The van der Waals surface area contributed by atoms with Crippen molar-refractivity contribution in [1.29, 1.82) is 0 Å². The van der Waals surface area contributed by atoms with E-state index >= 15 is 0 Å². The van der Waals surface area contributed by atoms with Gasteiger partial charge in [-0.15, -0.1) is 0 Å². The van der Waals surface area contributed by atoms with Gasteiger partial charge in [-0.3, -0.25) is 4.98 Å². The van der Waals surface area contributed by atoms with Crippen LogP contribution in [-0.4, -0.2) is 24.1 Å². The Morgan fingerprint density at radius 2 is 2.06 bits per heavy atom. The van der Waals surface area contributed by atoms with Crippen LogP contribution in [0.3, 0.4) is 0 Å². The van der Waals surface area contributed by atoms with Gasteiger partial charge in [-0.05, 0) is 31.4 Å². The molecule has 0 atom stereocenters. The van der Waals surface area contributed by atoms with Crippen molar-refractivity contribution in [2.24, 2.45) is 0 Å². The lowest BCUT2D eigenvalue weighted by Gasteiger charge is -2.29. The van der Waals surface area contributed by atoms with E-state index in [0.29, 0.717) is 6.04 Å². The standard InChI is InChI=1S/C14H23N3/c1-12(2)16-11-13-10-14(6-7-15-13)17-8-4-3-5-9-17/h6-7,10,12,16H,3-5,8-9,11H2,1-2H3. The third kappa shape index (κ3) is 3.70. The molecule has 0 saturated carbocycles. The zero-order valence-electron chi connectivity index (χ0n) is 10.9. The summed E-state index contributed by atoms with van der Waals surface area (Å²) in [7, 11) is 0. The summed E-state index contributed by atoms with van der Waals surface area (Å²) in [4.78, 5) is 6.89. The van der Waals surface area contributed by atoms with Gasteiger partial charge in [0, 0.05) is 37.6 Å². The zero-order valence-corrected chi connectivity index (χ0v) is 10.9. The quantitative estimate of drug-likeness (QED) is 0.866. The summed E-state index contributed by atoms with van der Waals surface area (Å²) in [5.74, 6) is 0. The van der Waals surface area contributed by atoms with E-state index in [2.05, 4.69) is 41.2 Å². The van der Waals surface area contributed by atoms with E-state index in [-0.39, 0.29) is 0 Å². The molecular weight excluding hydrogens is 210 g/mol. The molecule has 17 heavy (non-hydrogen) atoms. The van der Waals surface area contributed by atoms with Crippen LogP contribution in [0.2, 0.25) is 0 Å².